The van der Waals surface area contributed by atoms with Crippen molar-refractivity contribution < 1.29 is 14.7 Å². The van der Waals surface area contributed by atoms with Crippen LogP contribution in [0.5, 0.6) is 0 Å². The predicted molar refractivity (Wildman–Crippen MR) is 94.0 cm³/mol. The summed E-state index contributed by atoms with van der Waals surface area (Å²) in [5, 5.41) is 22.2. The summed E-state index contributed by atoms with van der Waals surface area (Å²) in [7, 11) is 0. The van der Waals surface area contributed by atoms with Crippen molar-refractivity contribution in [2.24, 2.45) is 11.8 Å². The topological polar surface area (TPSA) is 90.2 Å². The average Bonchev–Trinajstić information content (AvgIpc) is 2.83. The fraction of sp³-hybridized carbons (Fsp3) is 0.500. The Morgan fingerprint density at radius 3 is 2.33 bits per heavy atom. The zero-order valence-electron chi connectivity index (χ0n) is 14.4. The smallest absolute Gasteiger partial charge is 0.307 e. The van der Waals surface area contributed by atoms with E-state index in [0.717, 1.165) is 28.0 Å². The summed E-state index contributed by atoms with van der Waals surface area (Å²) in [6, 6.07) is 2.16. The van der Waals surface area contributed by atoms with Gasteiger partial charge in [-0.05, 0) is 45.6 Å². The zero-order chi connectivity index (χ0) is 18.0. The van der Waals surface area contributed by atoms with Gasteiger partial charge in [-0.2, -0.15) is 5.26 Å². The van der Waals surface area contributed by atoms with Crippen molar-refractivity contribution in [3.8, 4) is 6.07 Å². The van der Waals surface area contributed by atoms with E-state index >= 15 is 0 Å². The number of amides is 1. The molecule has 0 spiro atoms. The van der Waals surface area contributed by atoms with Crippen LogP contribution < -0.4 is 5.32 Å². The van der Waals surface area contributed by atoms with E-state index in [1.807, 2.05) is 27.7 Å². The molecule has 1 heterocycles. The third-order valence-electron chi connectivity index (χ3n) is 4.83. The fourth-order valence-corrected chi connectivity index (χ4v) is 4.34. The number of carboxylic acids is 1. The number of nitriles is 1. The van der Waals surface area contributed by atoms with E-state index in [0.29, 0.717) is 23.4 Å². The lowest BCUT2D eigenvalue weighted by atomic mass is 9.76. The maximum Gasteiger partial charge on any atom is 0.307 e. The first-order valence-corrected chi connectivity index (χ1v) is 8.83. The molecule has 1 amide bonds. The van der Waals surface area contributed by atoms with Crippen LogP contribution in [0.25, 0.3) is 0 Å². The predicted octanol–water partition coefficient (Wildman–Crippen LogP) is 3.88. The molecule has 2 atom stereocenters. The number of allylic oxidation sites excluding steroid dienone is 2. The van der Waals surface area contributed by atoms with Gasteiger partial charge in [0, 0.05) is 4.88 Å². The van der Waals surface area contributed by atoms with Crippen LogP contribution in [0, 0.1) is 30.1 Å². The van der Waals surface area contributed by atoms with Crippen molar-refractivity contribution >= 4 is 28.2 Å². The molecule has 0 unspecified atom stereocenters. The Balaban J connectivity index is 2.29. The molecule has 1 aromatic heterocycles. The second-order valence-electron chi connectivity index (χ2n) is 6.32. The van der Waals surface area contributed by atoms with E-state index in [1.165, 1.54) is 11.3 Å². The number of anilines is 1. The van der Waals surface area contributed by atoms with Crippen LogP contribution in [0.3, 0.4) is 0 Å². The van der Waals surface area contributed by atoms with Crippen LogP contribution in [0.2, 0.25) is 0 Å². The summed E-state index contributed by atoms with van der Waals surface area (Å²) in [5.41, 5.74) is 3.57. The number of aryl methyl sites for hydroxylation is 1. The Morgan fingerprint density at radius 1 is 1.25 bits per heavy atom. The SMILES string of the molecule is CCc1c(C)sc(NC(=O)[C@@H]2CC(C)=C(C)C[C@H]2C(=O)O)c1C#N. The average molecular weight is 346 g/mol. The minimum absolute atomic E-state index is 0.311. The largest absolute Gasteiger partial charge is 0.481 e. The molecular weight excluding hydrogens is 324 g/mol. The summed E-state index contributed by atoms with van der Waals surface area (Å²) < 4.78 is 0. The van der Waals surface area contributed by atoms with E-state index in [1.54, 1.807) is 0 Å². The van der Waals surface area contributed by atoms with Gasteiger partial charge in [-0.1, -0.05) is 18.1 Å². The van der Waals surface area contributed by atoms with Gasteiger partial charge in [-0.3, -0.25) is 9.59 Å². The van der Waals surface area contributed by atoms with Crippen molar-refractivity contribution in [3.05, 3.63) is 27.2 Å². The Bertz CT molecular complexity index is 755. The van der Waals surface area contributed by atoms with Crippen molar-refractivity contribution in [3.63, 3.8) is 0 Å². The van der Waals surface area contributed by atoms with Crippen LogP contribution in [0.1, 0.15) is 49.6 Å². The lowest BCUT2D eigenvalue weighted by Crippen LogP contribution is -2.36. The third-order valence-corrected chi connectivity index (χ3v) is 5.89. The van der Waals surface area contributed by atoms with E-state index < -0.39 is 17.8 Å². The Labute approximate surface area is 146 Å². The number of thiophene rings is 1. The van der Waals surface area contributed by atoms with E-state index in [4.69, 9.17) is 0 Å². The fourth-order valence-electron chi connectivity index (χ4n) is 3.24. The first kappa shape index (κ1) is 18.2. The standard InChI is InChI=1S/C18H22N2O3S/c1-5-12-11(4)24-17(15(12)8-19)20-16(21)13-6-9(2)10(3)7-14(13)18(22)23/h13-14H,5-7H2,1-4H3,(H,20,21)(H,22,23)/t13-,14-/m1/s1. The van der Waals surface area contributed by atoms with Crippen molar-refractivity contribution in [2.75, 3.05) is 5.32 Å². The van der Waals surface area contributed by atoms with Crippen LogP contribution in [-0.2, 0) is 16.0 Å². The molecule has 0 aliphatic heterocycles. The number of carbonyl (C=O) groups is 2. The van der Waals surface area contributed by atoms with Crippen LogP contribution in [-0.4, -0.2) is 17.0 Å². The van der Waals surface area contributed by atoms with Gasteiger partial charge in [0.25, 0.3) is 0 Å². The molecule has 0 saturated carbocycles. The maximum atomic E-state index is 12.7. The Kier molecular flexibility index (Phi) is 5.45. The molecule has 5 nitrogen and oxygen atoms in total. The lowest BCUT2D eigenvalue weighted by molar-refractivity contribution is -0.146. The minimum Gasteiger partial charge on any atom is -0.481 e. The van der Waals surface area contributed by atoms with Gasteiger partial charge in [0.1, 0.15) is 11.1 Å². The van der Waals surface area contributed by atoms with Gasteiger partial charge in [0.05, 0.1) is 17.4 Å². The second-order valence-corrected chi connectivity index (χ2v) is 7.54. The summed E-state index contributed by atoms with van der Waals surface area (Å²) in [6.45, 7) is 7.76. The first-order valence-electron chi connectivity index (χ1n) is 8.01. The van der Waals surface area contributed by atoms with Crippen LogP contribution in [0.4, 0.5) is 5.00 Å². The van der Waals surface area contributed by atoms with E-state index in [-0.39, 0.29) is 5.91 Å². The van der Waals surface area contributed by atoms with Crippen molar-refractivity contribution in [2.45, 2.75) is 47.0 Å². The highest BCUT2D eigenvalue weighted by Gasteiger charge is 2.37. The number of aliphatic carboxylic acids is 1. The second kappa shape index (κ2) is 7.18. The monoisotopic (exact) mass is 346 g/mol. The molecule has 6 heteroatoms. The molecular formula is C18H22N2O3S. The van der Waals surface area contributed by atoms with Crippen molar-refractivity contribution in [1.82, 2.24) is 0 Å². The molecule has 0 radical (unpaired) electrons. The van der Waals surface area contributed by atoms with Gasteiger partial charge in [0.15, 0.2) is 0 Å². The number of hydrogen-bond acceptors (Lipinski definition) is 4. The van der Waals surface area contributed by atoms with Crippen LogP contribution in [0.15, 0.2) is 11.1 Å². The normalized spacial score (nSPS) is 20.6. The number of carboxylic acid groups (broad SMARTS) is 1. The van der Waals surface area contributed by atoms with Gasteiger partial charge < -0.3 is 10.4 Å². The maximum absolute atomic E-state index is 12.7. The minimum atomic E-state index is -0.945. The Hall–Kier alpha value is -2.13. The summed E-state index contributed by atoms with van der Waals surface area (Å²) in [4.78, 5) is 25.3. The number of nitrogens with zero attached hydrogens (tertiary/aromatic N) is 1. The van der Waals surface area contributed by atoms with Crippen LogP contribution >= 0.6 is 11.3 Å². The molecule has 0 bridgehead atoms. The van der Waals surface area contributed by atoms with Gasteiger partial charge in [0.2, 0.25) is 5.91 Å². The van der Waals surface area contributed by atoms with Crippen molar-refractivity contribution in [1.29, 1.82) is 5.26 Å². The molecule has 0 aromatic carbocycles. The molecule has 1 aliphatic rings. The molecule has 2 rings (SSSR count). The molecule has 24 heavy (non-hydrogen) atoms. The number of nitrogens with one attached hydrogen (secondary N) is 1. The highest BCUT2D eigenvalue weighted by atomic mass is 32.1. The highest BCUT2D eigenvalue weighted by Crippen LogP contribution is 2.37. The first-order chi connectivity index (χ1) is 11.3. The van der Waals surface area contributed by atoms with Gasteiger partial charge in [-0.25, -0.2) is 0 Å². The van der Waals surface area contributed by atoms with E-state index in [9.17, 15) is 20.0 Å². The molecule has 2 N–H and O–H groups in total. The number of carbonyl (C=O) groups excluding carboxylic acids is 1. The van der Waals surface area contributed by atoms with E-state index in [2.05, 4.69) is 11.4 Å². The Morgan fingerprint density at radius 2 is 1.83 bits per heavy atom. The van der Waals surface area contributed by atoms with Gasteiger partial charge >= 0.3 is 5.97 Å². The third kappa shape index (κ3) is 3.36. The molecule has 0 saturated heterocycles. The lowest BCUT2D eigenvalue weighted by Gasteiger charge is -2.29. The summed E-state index contributed by atoms with van der Waals surface area (Å²) in [6.07, 6.45) is 1.57. The summed E-state index contributed by atoms with van der Waals surface area (Å²) in [5.74, 6) is -2.58. The molecule has 1 aromatic rings. The van der Waals surface area contributed by atoms with Gasteiger partial charge in [-0.15, -0.1) is 11.3 Å². The highest BCUT2D eigenvalue weighted by molar-refractivity contribution is 7.16. The number of rotatable bonds is 4. The quantitative estimate of drug-likeness (QED) is 0.810. The molecule has 128 valence electrons. The molecule has 0 fully saturated rings. The summed E-state index contributed by atoms with van der Waals surface area (Å²) >= 11 is 1.38. The molecule has 1 aliphatic carbocycles. The number of hydrogen-bond donors (Lipinski definition) is 2. The zero-order valence-corrected chi connectivity index (χ0v) is 15.2.